The monoisotopic (exact) mass is 422 g/mol. The van der Waals surface area contributed by atoms with Crippen molar-refractivity contribution in [2.45, 2.75) is 45.6 Å². The Labute approximate surface area is 180 Å². The largest absolute Gasteiger partial charge is 0.350 e. The Hall–Kier alpha value is -3.06. The van der Waals surface area contributed by atoms with E-state index in [-0.39, 0.29) is 17.9 Å². The van der Waals surface area contributed by atoms with Crippen LogP contribution < -0.4 is 10.6 Å². The third-order valence-electron chi connectivity index (χ3n) is 4.59. The number of carbonyl (C=O) groups is 2. The molecule has 0 bridgehead atoms. The molecule has 30 heavy (non-hydrogen) atoms. The van der Waals surface area contributed by atoms with Crippen LogP contribution in [0.25, 0.3) is 0 Å². The Balaban J connectivity index is 1.55. The highest BCUT2D eigenvalue weighted by Gasteiger charge is 2.15. The summed E-state index contributed by atoms with van der Waals surface area (Å²) in [4.78, 5) is 25.0. The van der Waals surface area contributed by atoms with Gasteiger partial charge in [0, 0.05) is 23.7 Å². The molecule has 3 aromatic rings. The molecule has 6 nitrogen and oxygen atoms in total. The van der Waals surface area contributed by atoms with Gasteiger partial charge in [0.05, 0.1) is 0 Å². The van der Waals surface area contributed by atoms with Crippen molar-refractivity contribution in [2.75, 3.05) is 5.32 Å². The number of carbonyl (C=O) groups excluding carboxylic acids is 2. The lowest BCUT2D eigenvalue weighted by atomic mass is 10.1. The summed E-state index contributed by atoms with van der Waals surface area (Å²) in [5.41, 5.74) is 2.31. The van der Waals surface area contributed by atoms with Crippen LogP contribution >= 0.6 is 11.3 Å². The van der Waals surface area contributed by atoms with Gasteiger partial charge in [-0.3, -0.25) is 9.59 Å². The Kier molecular flexibility index (Phi) is 7.68. The second-order valence-electron chi connectivity index (χ2n) is 7.18. The van der Waals surface area contributed by atoms with Crippen LogP contribution in [0.15, 0.2) is 54.6 Å². The maximum Gasteiger partial charge on any atom is 0.286 e. The average molecular weight is 423 g/mol. The van der Waals surface area contributed by atoms with Crippen molar-refractivity contribution in [2.24, 2.45) is 0 Å². The zero-order valence-corrected chi connectivity index (χ0v) is 18.0. The molecule has 1 heterocycles. The van der Waals surface area contributed by atoms with Crippen molar-refractivity contribution < 1.29 is 9.59 Å². The van der Waals surface area contributed by atoms with Gasteiger partial charge >= 0.3 is 0 Å². The third-order valence-corrected chi connectivity index (χ3v) is 5.58. The molecule has 0 radical (unpaired) electrons. The van der Waals surface area contributed by atoms with Crippen LogP contribution in [0.4, 0.5) is 5.69 Å². The lowest BCUT2D eigenvalue weighted by Gasteiger charge is -2.14. The van der Waals surface area contributed by atoms with Gasteiger partial charge in [0.25, 0.3) is 11.8 Å². The van der Waals surface area contributed by atoms with E-state index in [1.165, 1.54) is 16.9 Å². The molecular formula is C23H26N4O2S. The van der Waals surface area contributed by atoms with Gasteiger partial charge in [0.15, 0.2) is 0 Å². The van der Waals surface area contributed by atoms with E-state index in [9.17, 15) is 9.59 Å². The van der Waals surface area contributed by atoms with Crippen LogP contribution in [-0.2, 0) is 12.8 Å². The second kappa shape index (κ2) is 10.6. The first kappa shape index (κ1) is 21.6. The van der Waals surface area contributed by atoms with E-state index in [1.807, 2.05) is 25.1 Å². The van der Waals surface area contributed by atoms with Crippen LogP contribution in [0.3, 0.4) is 0 Å². The maximum absolute atomic E-state index is 12.6. The summed E-state index contributed by atoms with van der Waals surface area (Å²) in [7, 11) is 0. The minimum absolute atomic E-state index is 0.0364. The van der Waals surface area contributed by atoms with Crippen LogP contribution in [0.5, 0.6) is 0 Å². The van der Waals surface area contributed by atoms with Crippen molar-refractivity contribution in [3.05, 3.63) is 75.7 Å². The molecular weight excluding hydrogens is 396 g/mol. The molecule has 2 aromatic carbocycles. The molecule has 2 N–H and O–H groups in total. The van der Waals surface area contributed by atoms with E-state index in [0.29, 0.717) is 16.3 Å². The molecule has 3 rings (SSSR count). The second-order valence-corrected chi connectivity index (χ2v) is 8.25. The lowest BCUT2D eigenvalue weighted by molar-refractivity contribution is 0.0937. The highest BCUT2D eigenvalue weighted by atomic mass is 32.1. The maximum atomic E-state index is 12.6. The van der Waals surface area contributed by atoms with Crippen LogP contribution in [-0.4, -0.2) is 28.1 Å². The summed E-state index contributed by atoms with van der Waals surface area (Å²) in [5, 5.41) is 15.0. The average Bonchev–Trinajstić information content (AvgIpc) is 3.22. The van der Waals surface area contributed by atoms with Gasteiger partial charge in [-0.05, 0) is 49.9 Å². The van der Waals surface area contributed by atoms with E-state index in [1.54, 1.807) is 24.3 Å². The standard InChI is InChI=1S/C23H26N4O2S/c1-3-8-20-26-27-23(30-20)22(29)25-19-12-7-11-18(15-19)21(28)24-16(2)13-14-17-9-5-4-6-10-17/h4-7,9-12,15-16H,3,8,13-14H2,1-2H3,(H,24,28)(H,25,29)/t16-/m1/s1. The molecule has 0 fully saturated rings. The van der Waals surface area contributed by atoms with Crippen molar-refractivity contribution >= 4 is 28.8 Å². The number of aromatic nitrogens is 2. The van der Waals surface area contributed by atoms with E-state index < -0.39 is 0 Å². The summed E-state index contributed by atoms with van der Waals surface area (Å²) >= 11 is 1.29. The van der Waals surface area contributed by atoms with Gasteiger partial charge < -0.3 is 10.6 Å². The molecule has 1 atom stereocenters. The minimum Gasteiger partial charge on any atom is -0.350 e. The van der Waals surface area contributed by atoms with E-state index in [4.69, 9.17) is 0 Å². The third kappa shape index (κ3) is 6.22. The molecule has 156 valence electrons. The first-order valence-corrected chi connectivity index (χ1v) is 11.0. The number of anilines is 1. The molecule has 0 aliphatic carbocycles. The summed E-state index contributed by atoms with van der Waals surface area (Å²) in [6.45, 7) is 4.05. The molecule has 0 aliphatic rings. The van der Waals surface area contributed by atoms with Gasteiger partial charge in [-0.2, -0.15) is 0 Å². The number of hydrogen-bond donors (Lipinski definition) is 2. The zero-order chi connectivity index (χ0) is 21.3. The highest BCUT2D eigenvalue weighted by Crippen LogP contribution is 2.16. The summed E-state index contributed by atoms with van der Waals surface area (Å²) < 4.78 is 0. The first-order chi connectivity index (χ1) is 14.5. The Morgan fingerprint density at radius 1 is 1.00 bits per heavy atom. The molecule has 1 aromatic heterocycles. The number of rotatable bonds is 9. The number of hydrogen-bond acceptors (Lipinski definition) is 5. The van der Waals surface area contributed by atoms with Crippen LogP contribution in [0.2, 0.25) is 0 Å². The summed E-state index contributed by atoms with van der Waals surface area (Å²) in [6, 6.07) is 17.2. The number of nitrogens with zero attached hydrogens (tertiary/aromatic N) is 2. The van der Waals surface area contributed by atoms with Gasteiger partial charge in [0.2, 0.25) is 5.01 Å². The minimum atomic E-state index is -0.316. The molecule has 0 saturated carbocycles. The van der Waals surface area contributed by atoms with Gasteiger partial charge in [0.1, 0.15) is 5.01 Å². The molecule has 0 aliphatic heterocycles. The fourth-order valence-corrected chi connectivity index (χ4v) is 3.83. The van der Waals surface area contributed by atoms with E-state index in [0.717, 1.165) is 30.7 Å². The van der Waals surface area contributed by atoms with Crippen LogP contribution in [0.1, 0.15) is 57.4 Å². The van der Waals surface area contributed by atoms with E-state index >= 15 is 0 Å². The first-order valence-electron chi connectivity index (χ1n) is 10.1. The summed E-state index contributed by atoms with van der Waals surface area (Å²) in [6.07, 6.45) is 3.52. The van der Waals surface area contributed by atoms with Crippen LogP contribution in [0, 0.1) is 0 Å². The Bertz CT molecular complexity index is 988. The fourth-order valence-electron chi connectivity index (χ4n) is 2.99. The predicted octanol–water partition coefficient (Wildman–Crippen LogP) is 4.49. The normalized spacial score (nSPS) is 11.7. The lowest BCUT2D eigenvalue weighted by Crippen LogP contribution is -2.32. The molecule has 0 spiro atoms. The smallest absolute Gasteiger partial charge is 0.286 e. The van der Waals surface area contributed by atoms with Crippen molar-refractivity contribution in [3.8, 4) is 0 Å². The molecule has 0 unspecified atom stereocenters. The highest BCUT2D eigenvalue weighted by molar-refractivity contribution is 7.13. The molecule has 2 amide bonds. The SMILES string of the molecule is CCCc1nnc(C(=O)Nc2cccc(C(=O)N[C@H](C)CCc3ccccc3)c2)s1. The predicted molar refractivity (Wildman–Crippen MR) is 120 cm³/mol. The van der Waals surface area contributed by atoms with Crippen molar-refractivity contribution in [3.63, 3.8) is 0 Å². The quantitative estimate of drug-likeness (QED) is 0.532. The number of amides is 2. The number of aryl methyl sites for hydroxylation is 2. The Morgan fingerprint density at radius 3 is 2.57 bits per heavy atom. The van der Waals surface area contributed by atoms with Gasteiger partial charge in [-0.25, -0.2) is 0 Å². The molecule has 7 heteroatoms. The molecule has 0 saturated heterocycles. The van der Waals surface area contributed by atoms with E-state index in [2.05, 4.69) is 39.9 Å². The topological polar surface area (TPSA) is 84.0 Å². The van der Waals surface area contributed by atoms with Crippen molar-refractivity contribution in [1.82, 2.24) is 15.5 Å². The summed E-state index contributed by atoms with van der Waals surface area (Å²) in [5.74, 6) is -0.476. The van der Waals surface area contributed by atoms with Gasteiger partial charge in [-0.1, -0.05) is 54.7 Å². The number of benzene rings is 2. The Morgan fingerprint density at radius 2 is 1.80 bits per heavy atom. The van der Waals surface area contributed by atoms with Gasteiger partial charge in [-0.15, -0.1) is 10.2 Å². The number of nitrogens with one attached hydrogen (secondary N) is 2. The fraction of sp³-hybridized carbons (Fsp3) is 0.304. The van der Waals surface area contributed by atoms with Crippen molar-refractivity contribution in [1.29, 1.82) is 0 Å². The zero-order valence-electron chi connectivity index (χ0n) is 17.2.